The Morgan fingerprint density at radius 2 is 0.467 bits per heavy atom. The average Bonchev–Trinajstić information content (AvgIpc) is 3.01. The molecule has 0 spiro atoms. The quantitative estimate of drug-likeness (QED) is 0.452. The van der Waals surface area contributed by atoms with Crippen LogP contribution in [0.2, 0.25) is 11.6 Å². The van der Waals surface area contributed by atoms with Crippen LogP contribution in [0.1, 0.15) is 0 Å². The first-order valence-corrected chi connectivity index (χ1v) is 7.58. The summed E-state index contributed by atoms with van der Waals surface area (Å²) < 4.78 is 0. The molecule has 15 heavy (non-hydrogen) atoms. The van der Waals surface area contributed by atoms with Crippen LogP contribution in [0.4, 0.5) is 0 Å². The van der Waals surface area contributed by atoms with Gasteiger partial charge in [-0.3, -0.25) is 0 Å². The van der Waals surface area contributed by atoms with Crippen molar-refractivity contribution in [3.05, 3.63) is 64.2 Å². The molecule has 80 valence electrons. The maximum atomic E-state index is 2.62. The summed E-state index contributed by atoms with van der Waals surface area (Å²) in [5.74, 6) is 3.75. The summed E-state index contributed by atoms with van der Waals surface area (Å²) in [6, 6.07) is 0. The van der Waals surface area contributed by atoms with Gasteiger partial charge in [0.05, 0.1) is 0 Å². The smallest absolute Gasteiger partial charge is 0 e. The molecule has 3 heteroatoms. The van der Waals surface area contributed by atoms with Crippen molar-refractivity contribution < 1.29 is 25.8 Å². The molecule has 0 aromatic carbocycles. The summed E-state index contributed by atoms with van der Waals surface area (Å²) >= 11 is 5.25. The predicted molar refractivity (Wildman–Crippen MR) is 66.2 cm³/mol. The zero-order valence-corrected chi connectivity index (χ0v) is 16.1. The van der Waals surface area contributed by atoms with E-state index in [4.69, 9.17) is 0 Å². The van der Waals surface area contributed by atoms with Gasteiger partial charge in [0.25, 0.3) is 0 Å². The van der Waals surface area contributed by atoms with Crippen LogP contribution in [0, 0.1) is 64.2 Å². The van der Waals surface area contributed by atoms with E-state index >= 15 is 0 Å². The van der Waals surface area contributed by atoms with Crippen molar-refractivity contribution in [2.24, 2.45) is 0 Å². The van der Waals surface area contributed by atoms with Gasteiger partial charge in [0.15, 0.2) is 0 Å². The molecule has 0 saturated heterocycles. The van der Waals surface area contributed by atoms with Gasteiger partial charge < -0.3 is 0 Å². The van der Waals surface area contributed by atoms with Crippen LogP contribution in [-0.2, 0) is 25.8 Å². The van der Waals surface area contributed by atoms with Crippen molar-refractivity contribution in [1.29, 1.82) is 0 Å². The molecule has 0 bridgehead atoms. The van der Waals surface area contributed by atoms with E-state index in [0.717, 1.165) is 0 Å². The molecule has 2 fully saturated rings. The minimum atomic E-state index is 0. The van der Waals surface area contributed by atoms with E-state index in [1.165, 1.54) is 0 Å². The minimum absolute atomic E-state index is 0. The Balaban J connectivity index is -0.000000138. The van der Waals surface area contributed by atoms with Crippen LogP contribution < -0.4 is 0 Å². The Bertz CT molecular complexity index is 46.8. The number of rotatable bonds is 0. The molecular weight excluding hydrogens is 481 g/mol. The standard InChI is InChI=1S/2C5H5.2CH3Se.Hf/c2*1-2-4-5-3-1;2*1-2;/h2*1-5H;2*1H3;. The second-order valence-corrected chi connectivity index (χ2v) is 1.92. The Labute approximate surface area is 133 Å². The van der Waals surface area contributed by atoms with Gasteiger partial charge in [0, 0.05) is 25.8 Å². The van der Waals surface area contributed by atoms with E-state index in [0.29, 0.717) is 0 Å². The van der Waals surface area contributed by atoms with Crippen LogP contribution in [0.5, 0.6) is 0 Å². The van der Waals surface area contributed by atoms with E-state index in [-0.39, 0.29) is 25.8 Å². The zero-order valence-electron chi connectivity index (χ0n) is 9.09. The fourth-order valence-electron chi connectivity index (χ4n) is 0.642. The van der Waals surface area contributed by atoms with Crippen molar-refractivity contribution in [1.82, 2.24) is 0 Å². The van der Waals surface area contributed by atoms with Crippen LogP contribution in [0.15, 0.2) is 0 Å². The zero-order chi connectivity index (χ0) is 11.1. The molecular formula is C12H16HfSe2. The van der Waals surface area contributed by atoms with Crippen LogP contribution in [0.3, 0.4) is 0 Å². The van der Waals surface area contributed by atoms with Crippen molar-refractivity contribution >= 4 is 32.0 Å². The van der Waals surface area contributed by atoms with E-state index < -0.39 is 0 Å². The molecule has 0 N–H and O–H groups in total. The van der Waals surface area contributed by atoms with Crippen molar-refractivity contribution in [2.45, 2.75) is 11.6 Å². The summed E-state index contributed by atoms with van der Waals surface area (Å²) in [7, 11) is 0. The summed E-state index contributed by atoms with van der Waals surface area (Å²) in [6.45, 7) is 0. The third-order valence-electron chi connectivity index (χ3n) is 1.11. The van der Waals surface area contributed by atoms with Gasteiger partial charge in [-0.25, -0.2) is 0 Å². The Morgan fingerprint density at radius 3 is 0.533 bits per heavy atom. The van der Waals surface area contributed by atoms with Crippen LogP contribution in [0.25, 0.3) is 0 Å². The third kappa shape index (κ3) is 21.7. The molecule has 2 aliphatic rings. The molecule has 0 amide bonds. The summed E-state index contributed by atoms with van der Waals surface area (Å²) in [5.41, 5.74) is 0. The maximum Gasteiger partial charge on any atom is 0 e. The fraction of sp³-hybridized carbons (Fsp3) is 0.167. The average molecular weight is 497 g/mol. The molecule has 0 aromatic rings. The SMILES string of the molecule is C[Se].C[Se].[CH]1[CH][CH][CH][CH]1.[CH]1[CH][CH][CH][CH]1.[Hf]. The van der Waals surface area contributed by atoms with Gasteiger partial charge >= 0.3 is 43.7 Å². The maximum absolute atomic E-state index is 2.62. The van der Waals surface area contributed by atoms with E-state index in [2.05, 4.69) is 32.0 Å². The molecule has 0 heterocycles. The minimum Gasteiger partial charge on any atom is -0.0312 e. The molecule has 0 atom stereocenters. The first-order valence-electron chi connectivity index (χ1n) is 4.15. The van der Waals surface area contributed by atoms with Gasteiger partial charge in [-0.2, -0.15) is 0 Å². The largest absolute Gasteiger partial charge is 0.0312 e. The second-order valence-electron chi connectivity index (χ2n) is 1.92. The summed E-state index contributed by atoms with van der Waals surface area (Å²) in [4.78, 5) is 0. The third-order valence-corrected chi connectivity index (χ3v) is 1.11. The van der Waals surface area contributed by atoms with Gasteiger partial charge in [0.2, 0.25) is 0 Å². The number of hydrogen-bond acceptors (Lipinski definition) is 0. The molecule has 2 rings (SSSR count). The fourth-order valence-corrected chi connectivity index (χ4v) is 0.642. The first kappa shape index (κ1) is 22.1. The van der Waals surface area contributed by atoms with Crippen molar-refractivity contribution in [3.8, 4) is 0 Å². The molecule has 0 unspecified atom stereocenters. The summed E-state index contributed by atoms with van der Waals surface area (Å²) in [6.07, 6.45) is 20.0. The van der Waals surface area contributed by atoms with Gasteiger partial charge in [-0.1, -0.05) is 0 Å². The van der Waals surface area contributed by atoms with Crippen molar-refractivity contribution in [2.75, 3.05) is 0 Å². The topological polar surface area (TPSA) is 0 Å². The molecule has 0 aliphatic heterocycles. The van der Waals surface area contributed by atoms with E-state index in [1.54, 1.807) is 0 Å². The predicted octanol–water partition coefficient (Wildman–Crippen LogP) is 2.45. The molecule has 2 saturated carbocycles. The molecule has 0 nitrogen and oxygen atoms in total. The van der Waals surface area contributed by atoms with Gasteiger partial charge in [0.1, 0.15) is 0 Å². The second kappa shape index (κ2) is 24.9. The summed E-state index contributed by atoms with van der Waals surface area (Å²) in [5, 5.41) is 0. The first-order chi connectivity index (χ1) is 7.00. The van der Waals surface area contributed by atoms with Gasteiger partial charge in [-0.05, 0) is 64.2 Å². The Hall–Kier alpha value is 1.91. The van der Waals surface area contributed by atoms with Crippen molar-refractivity contribution in [3.63, 3.8) is 0 Å². The molecule has 2 aliphatic carbocycles. The number of hydrogen-bond donors (Lipinski definition) is 0. The van der Waals surface area contributed by atoms with Crippen LogP contribution >= 0.6 is 0 Å². The Morgan fingerprint density at radius 1 is 0.400 bits per heavy atom. The molecule has 0 aromatic heterocycles. The van der Waals surface area contributed by atoms with E-state index in [9.17, 15) is 0 Å². The Kier molecular flexibility index (Phi) is 36.8. The normalized spacial score (nSPS) is 16.8. The van der Waals surface area contributed by atoms with Crippen LogP contribution in [-0.4, -0.2) is 32.0 Å². The van der Waals surface area contributed by atoms with E-state index in [1.807, 2.05) is 75.9 Å². The van der Waals surface area contributed by atoms with Gasteiger partial charge in [-0.15, -0.1) is 0 Å². The molecule has 12 radical (unpaired) electrons. The monoisotopic (exact) mass is 500 g/mol.